The summed E-state index contributed by atoms with van der Waals surface area (Å²) in [5.41, 5.74) is 0. The van der Waals surface area contributed by atoms with E-state index in [1.54, 1.807) is 0 Å². The highest BCUT2D eigenvalue weighted by Crippen LogP contribution is 2.23. The lowest BCUT2D eigenvalue weighted by Gasteiger charge is -2.39. The molecule has 1 aliphatic heterocycles. The van der Waals surface area contributed by atoms with Crippen molar-refractivity contribution in [3.63, 3.8) is 0 Å². The highest BCUT2D eigenvalue weighted by atomic mass is 16.7. The molecule has 0 spiro atoms. The van der Waals surface area contributed by atoms with E-state index in [9.17, 15) is 30.0 Å². The van der Waals surface area contributed by atoms with Crippen molar-refractivity contribution in [1.82, 2.24) is 0 Å². The van der Waals surface area contributed by atoms with Crippen LogP contribution in [0.4, 0.5) is 0 Å². The van der Waals surface area contributed by atoms with E-state index in [2.05, 4.69) is 38.2 Å². The topological polar surface area (TPSA) is 152 Å². The third-order valence-corrected chi connectivity index (χ3v) is 11.3. The Balaban J connectivity index is 2.27. The van der Waals surface area contributed by atoms with Crippen LogP contribution < -0.4 is 0 Å². The van der Waals surface area contributed by atoms with Crippen LogP contribution >= 0.6 is 0 Å². The standard InChI is InChI=1S/C49H90O10/c1-3-5-7-9-11-13-15-17-18-19-20-21-22-23-24-26-28-30-32-34-36-38-45(52)58-42(41-57-49-48(55)47(54)46(53)43(39-50)59-49)40-56-44(51)37-35-33-31-29-27-25-16-14-12-10-8-6-4-2/h17-18,25,27,42-43,46-50,53-55H,3-16,19-24,26,28-41H2,1-2H3/b18-17+,27-25+/t42-,43-,46+,47?,48?,49-/m1/s1. The van der Waals surface area contributed by atoms with Gasteiger partial charge in [0.05, 0.1) is 13.2 Å². The Hall–Kier alpha value is -1.82. The van der Waals surface area contributed by atoms with Gasteiger partial charge >= 0.3 is 11.9 Å². The minimum Gasteiger partial charge on any atom is -0.462 e. The Morgan fingerprint density at radius 2 is 0.898 bits per heavy atom. The minimum atomic E-state index is -1.59. The Kier molecular flexibility index (Phi) is 37.7. The van der Waals surface area contributed by atoms with E-state index in [1.165, 1.54) is 135 Å². The molecule has 0 aliphatic carbocycles. The number of hydrogen-bond acceptors (Lipinski definition) is 10. The monoisotopic (exact) mass is 839 g/mol. The molecule has 4 N–H and O–H groups in total. The summed E-state index contributed by atoms with van der Waals surface area (Å²) < 4.78 is 22.2. The number of allylic oxidation sites excluding steroid dienone is 4. The summed E-state index contributed by atoms with van der Waals surface area (Å²) in [6.45, 7) is 3.41. The fourth-order valence-corrected chi connectivity index (χ4v) is 7.41. The van der Waals surface area contributed by atoms with E-state index in [-0.39, 0.29) is 32.0 Å². The van der Waals surface area contributed by atoms with Crippen molar-refractivity contribution < 1.29 is 49.0 Å². The molecule has 2 unspecified atom stereocenters. The summed E-state index contributed by atoms with van der Waals surface area (Å²) in [5, 5.41) is 40.1. The number of hydrogen-bond donors (Lipinski definition) is 4. The van der Waals surface area contributed by atoms with Crippen molar-refractivity contribution in [3.05, 3.63) is 24.3 Å². The predicted octanol–water partition coefficient (Wildman–Crippen LogP) is 10.9. The Labute approximate surface area is 360 Å². The van der Waals surface area contributed by atoms with Gasteiger partial charge in [-0.2, -0.15) is 0 Å². The second-order valence-corrected chi connectivity index (χ2v) is 16.9. The van der Waals surface area contributed by atoms with E-state index >= 15 is 0 Å². The van der Waals surface area contributed by atoms with Crippen molar-refractivity contribution in [2.24, 2.45) is 0 Å². The van der Waals surface area contributed by atoms with Crippen LogP contribution in [0, 0.1) is 0 Å². The number of ether oxygens (including phenoxy) is 4. The van der Waals surface area contributed by atoms with Crippen molar-refractivity contribution >= 4 is 11.9 Å². The molecule has 0 radical (unpaired) electrons. The SMILES string of the molecule is CCCCCCCC/C=C/CCCCCCCCCCCCCC(=O)O[C@H](COC(=O)CCCCC/C=C/CCCCCCCC)CO[C@@H]1O[C@H](CO)[C@H](O)C(O)C1O. The van der Waals surface area contributed by atoms with Gasteiger partial charge in [0.1, 0.15) is 31.0 Å². The molecule has 6 atom stereocenters. The molecule has 1 aliphatic rings. The first-order valence-corrected chi connectivity index (χ1v) is 24.4. The van der Waals surface area contributed by atoms with E-state index in [0.29, 0.717) is 12.8 Å². The molecule has 1 rings (SSSR count). The molecule has 10 heteroatoms. The molecule has 0 saturated carbocycles. The highest BCUT2D eigenvalue weighted by molar-refractivity contribution is 5.70. The lowest BCUT2D eigenvalue weighted by atomic mass is 9.99. The summed E-state index contributed by atoms with van der Waals surface area (Å²) in [5.74, 6) is -0.819. The molecule has 0 amide bonds. The van der Waals surface area contributed by atoms with Crippen LogP contribution in [0.25, 0.3) is 0 Å². The third-order valence-electron chi connectivity index (χ3n) is 11.3. The number of carbonyl (C=O) groups is 2. The first-order valence-electron chi connectivity index (χ1n) is 24.4. The maximum absolute atomic E-state index is 12.8. The third kappa shape index (κ3) is 31.7. The lowest BCUT2D eigenvalue weighted by molar-refractivity contribution is -0.305. The van der Waals surface area contributed by atoms with Gasteiger partial charge in [0.15, 0.2) is 12.4 Å². The Bertz CT molecular complexity index is 1020. The minimum absolute atomic E-state index is 0.223. The zero-order chi connectivity index (χ0) is 43.0. The molecule has 59 heavy (non-hydrogen) atoms. The molecule has 0 aromatic carbocycles. The fourth-order valence-electron chi connectivity index (χ4n) is 7.41. The summed E-state index contributed by atoms with van der Waals surface area (Å²) in [7, 11) is 0. The summed E-state index contributed by atoms with van der Waals surface area (Å²) in [6, 6.07) is 0. The van der Waals surface area contributed by atoms with E-state index < -0.39 is 49.4 Å². The zero-order valence-corrected chi connectivity index (χ0v) is 37.8. The lowest BCUT2D eigenvalue weighted by Crippen LogP contribution is -2.59. The van der Waals surface area contributed by atoms with Gasteiger partial charge in [-0.25, -0.2) is 0 Å². The maximum atomic E-state index is 12.8. The largest absolute Gasteiger partial charge is 0.462 e. The molecule has 1 heterocycles. The number of esters is 2. The van der Waals surface area contributed by atoms with E-state index in [4.69, 9.17) is 18.9 Å². The molecule has 0 bridgehead atoms. The smallest absolute Gasteiger partial charge is 0.306 e. The van der Waals surface area contributed by atoms with Gasteiger partial charge in [0.2, 0.25) is 0 Å². The average Bonchev–Trinajstić information content (AvgIpc) is 3.23. The van der Waals surface area contributed by atoms with Crippen LogP contribution in [-0.4, -0.2) is 89.0 Å². The van der Waals surface area contributed by atoms with Crippen LogP contribution in [0.2, 0.25) is 0 Å². The highest BCUT2D eigenvalue weighted by Gasteiger charge is 2.44. The quantitative estimate of drug-likeness (QED) is 0.0266. The van der Waals surface area contributed by atoms with Crippen LogP contribution in [0.5, 0.6) is 0 Å². The van der Waals surface area contributed by atoms with Gasteiger partial charge < -0.3 is 39.4 Å². The number of aliphatic hydroxyl groups excluding tert-OH is 4. The first kappa shape index (κ1) is 55.2. The van der Waals surface area contributed by atoms with Gasteiger partial charge in [-0.1, -0.05) is 167 Å². The van der Waals surface area contributed by atoms with Crippen molar-refractivity contribution in [2.75, 3.05) is 19.8 Å². The van der Waals surface area contributed by atoms with Gasteiger partial charge in [0, 0.05) is 12.8 Å². The molecule has 1 fully saturated rings. The Morgan fingerprint density at radius 1 is 0.508 bits per heavy atom. The molecule has 0 aromatic heterocycles. The number of aliphatic hydroxyl groups is 4. The van der Waals surface area contributed by atoms with Crippen LogP contribution in [0.15, 0.2) is 24.3 Å². The summed E-state index contributed by atoms with van der Waals surface area (Å²) >= 11 is 0. The normalized spacial score (nSPS) is 20.1. The van der Waals surface area contributed by atoms with Gasteiger partial charge in [-0.15, -0.1) is 0 Å². The zero-order valence-electron chi connectivity index (χ0n) is 37.8. The van der Waals surface area contributed by atoms with E-state index in [0.717, 1.165) is 44.9 Å². The second-order valence-electron chi connectivity index (χ2n) is 16.9. The predicted molar refractivity (Wildman–Crippen MR) is 238 cm³/mol. The first-order chi connectivity index (χ1) is 28.8. The molecule has 0 aromatic rings. The Morgan fingerprint density at radius 3 is 1.34 bits per heavy atom. The van der Waals surface area contributed by atoms with Gasteiger partial charge in [-0.05, 0) is 64.2 Å². The fraction of sp³-hybridized carbons (Fsp3) is 0.878. The van der Waals surface area contributed by atoms with Crippen LogP contribution in [-0.2, 0) is 28.5 Å². The summed E-state index contributed by atoms with van der Waals surface area (Å²) in [4.78, 5) is 25.4. The number of unbranched alkanes of at least 4 members (excludes halogenated alkanes) is 26. The molecule has 10 nitrogen and oxygen atoms in total. The van der Waals surface area contributed by atoms with Crippen molar-refractivity contribution in [2.45, 2.75) is 256 Å². The number of carbonyl (C=O) groups excluding carboxylic acids is 2. The molecular formula is C49H90O10. The summed E-state index contributed by atoms with van der Waals surface area (Å²) in [6.07, 6.45) is 37.6. The van der Waals surface area contributed by atoms with Crippen LogP contribution in [0.3, 0.4) is 0 Å². The molecule has 1 saturated heterocycles. The average molecular weight is 839 g/mol. The van der Waals surface area contributed by atoms with Crippen molar-refractivity contribution in [1.29, 1.82) is 0 Å². The maximum Gasteiger partial charge on any atom is 0.306 e. The van der Waals surface area contributed by atoms with Crippen LogP contribution in [0.1, 0.15) is 219 Å². The van der Waals surface area contributed by atoms with E-state index in [1.807, 2.05) is 0 Å². The number of rotatable bonds is 41. The van der Waals surface area contributed by atoms with Gasteiger partial charge in [0.25, 0.3) is 0 Å². The van der Waals surface area contributed by atoms with Crippen molar-refractivity contribution in [3.8, 4) is 0 Å². The molecular weight excluding hydrogens is 749 g/mol. The molecule has 346 valence electrons. The van der Waals surface area contributed by atoms with Gasteiger partial charge in [-0.3, -0.25) is 9.59 Å². The second kappa shape index (κ2) is 40.3.